The van der Waals surface area contributed by atoms with Crippen LogP contribution in [0, 0.1) is 11.3 Å². The fraction of sp³-hybridized carbons (Fsp3) is 0.600. The third-order valence-electron chi connectivity index (χ3n) is 5.52. The molecule has 126 valence electrons. The lowest BCUT2D eigenvalue weighted by molar-refractivity contribution is 0.114. The summed E-state index contributed by atoms with van der Waals surface area (Å²) in [6.45, 7) is 9.17. The van der Waals surface area contributed by atoms with Gasteiger partial charge in [-0.15, -0.1) is 0 Å². The molecule has 2 atom stereocenters. The Bertz CT molecular complexity index is 516. The van der Waals surface area contributed by atoms with Crippen LogP contribution in [0.25, 0.3) is 6.08 Å². The van der Waals surface area contributed by atoms with Crippen molar-refractivity contribution in [2.75, 3.05) is 45.9 Å². The zero-order valence-corrected chi connectivity index (χ0v) is 14.3. The minimum Gasteiger partial charge on any atom is -0.396 e. The van der Waals surface area contributed by atoms with Crippen molar-refractivity contribution in [2.45, 2.75) is 19.8 Å². The van der Waals surface area contributed by atoms with E-state index >= 15 is 0 Å². The highest BCUT2D eigenvalue weighted by Crippen LogP contribution is 2.42. The Morgan fingerprint density at radius 3 is 2.61 bits per heavy atom. The van der Waals surface area contributed by atoms with Gasteiger partial charge < -0.3 is 10.0 Å². The van der Waals surface area contributed by atoms with Crippen molar-refractivity contribution in [3.63, 3.8) is 0 Å². The maximum Gasteiger partial charge on any atom is 0.0515 e. The van der Waals surface area contributed by atoms with Crippen LogP contribution in [0.5, 0.6) is 0 Å². The van der Waals surface area contributed by atoms with E-state index in [1.165, 1.54) is 31.5 Å². The molecule has 0 amide bonds. The minimum absolute atomic E-state index is 0.119. The zero-order chi connectivity index (χ0) is 16.1. The quantitative estimate of drug-likeness (QED) is 0.838. The van der Waals surface area contributed by atoms with Gasteiger partial charge in [0.2, 0.25) is 0 Å². The van der Waals surface area contributed by atoms with Crippen molar-refractivity contribution in [3.05, 3.63) is 42.0 Å². The summed E-state index contributed by atoms with van der Waals surface area (Å²) in [5.74, 6) is 0.634. The van der Waals surface area contributed by atoms with E-state index in [0.29, 0.717) is 12.5 Å². The van der Waals surface area contributed by atoms with Crippen LogP contribution in [0.4, 0.5) is 0 Å². The van der Waals surface area contributed by atoms with E-state index in [-0.39, 0.29) is 5.41 Å². The molecule has 0 radical (unpaired) electrons. The Labute approximate surface area is 140 Å². The molecule has 2 aliphatic heterocycles. The van der Waals surface area contributed by atoms with Crippen LogP contribution in [0.2, 0.25) is 0 Å². The van der Waals surface area contributed by atoms with Gasteiger partial charge in [-0.1, -0.05) is 55.8 Å². The molecule has 2 unspecified atom stereocenters. The number of rotatable bonds is 7. The second-order valence-electron chi connectivity index (χ2n) is 7.31. The van der Waals surface area contributed by atoms with Crippen molar-refractivity contribution in [2.24, 2.45) is 11.3 Å². The van der Waals surface area contributed by atoms with Gasteiger partial charge in [-0.05, 0) is 24.4 Å². The molecular formula is C20H30N2O. The highest BCUT2D eigenvalue weighted by molar-refractivity contribution is 5.48. The number of aliphatic hydroxyl groups is 1. The lowest BCUT2D eigenvalue weighted by Crippen LogP contribution is -2.37. The number of nitrogens with zero attached hydrogens (tertiary/aromatic N) is 2. The van der Waals surface area contributed by atoms with Crippen molar-refractivity contribution >= 4 is 6.08 Å². The average molecular weight is 314 g/mol. The van der Waals surface area contributed by atoms with E-state index in [9.17, 15) is 5.11 Å². The second kappa shape index (κ2) is 7.61. The van der Waals surface area contributed by atoms with Crippen LogP contribution in [-0.4, -0.2) is 60.8 Å². The Morgan fingerprint density at radius 1 is 1.17 bits per heavy atom. The number of fused-ring (bicyclic) bond motifs is 1. The summed E-state index contributed by atoms with van der Waals surface area (Å²) >= 11 is 0. The van der Waals surface area contributed by atoms with Crippen LogP contribution >= 0.6 is 0 Å². The van der Waals surface area contributed by atoms with Crippen molar-refractivity contribution < 1.29 is 5.11 Å². The third kappa shape index (κ3) is 3.85. The van der Waals surface area contributed by atoms with Crippen LogP contribution in [-0.2, 0) is 0 Å². The van der Waals surface area contributed by atoms with Gasteiger partial charge >= 0.3 is 0 Å². The summed E-state index contributed by atoms with van der Waals surface area (Å²) in [7, 11) is 0. The zero-order valence-electron chi connectivity index (χ0n) is 14.3. The molecule has 3 rings (SSSR count). The number of hydrogen-bond donors (Lipinski definition) is 1. The number of unbranched alkanes of at least 4 members (excludes halogenated alkanes) is 1. The van der Waals surface area contributed by atoms with E-state index in [1.54, 1.807) is 0 Å². The van der Waals surface area contributed by atoms with Crippen molar-refractivity contribution in [1.82, 2.24) is 9.80 Å². The second-order valence-corrected chi connectivity index (χ2v) is 7.31. The third-order valence-corrected chi connectivity index (χ3v) is 5.52. The van der Waals surface area contributed by atoms with E-state index in [1.807, 2.05) is 6.07 Å². The summed E-state index contributed by atoms with van der Waals surface area (Å²) in [4.78, 5) is 5.08. The van der Waals surface area contributed by atoms with E-state index < -0.39 is 0 Å². The topological polar surface area (TPSA) is 26.7 Å². The summed E-state index contributed by atoms with van der Waals surface area (Å²) in [6.07, 6.45) is 6.99. The molecule has 1 aromatic carbocycles. The molecular weight excluding hydrogens is 284 g/mol. The number of aliphatic hydroxyl groups excluding tert-OH is 1. The molecule has 3 nitrogen and oxygen atoms in total. The molecule has 0 aromatic heterocycles. The fourth-order valence-corrected chi connectivity index (χ4v) is 4.22. The molecule has 1 N–H and O–H groups in total. The van der Waals surface area contributed by atoms with Gasteiger partial charge in [0, 0.05) is 38.1 Å². The standard InChI is InChI=1S/C20H30N2O/c1-2-3-11-21-13-19-14-22(16-20(19,15-21)17-23)12-7-10-18-8-5-4-6-9-18/h4-10,19,23H,2-3,11-17H2,1H3/b10-7+. The smallest absolute Gasteiger partial charge is 0.0515 e. The maximum atomic E-state index is 10.0. The van der Waals surface area contributed by atoms with Crippen LogP contribution in [0.15, 0.2) is 36.4 Å². The molecule has 0 aliphatic carbocycles. The molecule has 2 saturated heterocycles. The Kier molecular flexibility index (Phi) is 5.52. The SMILES string of the molecule is CCCCN1CC2CN(C/C=C/c3ccccc3)CC2(CO)C1. The predicted octanol–water partition coefficient (Wildman–Crippen LogP) is 2.73. The summed E-state index contributed by atoms with van der Waals surface area (Å²) in [6, 6.07) is 10.5. The van der Waals surface area contributed by atoms with E-state index in [4.69, 9.17) is 0 Å². The van der Waals surface area contributed by atoms with Crippen LogP contribution in [0.1, 0.15) is 25.3 Å². The average Bonchev–Trinajstić information content (AvgIpc) is 3.07. The monoisotopic (exact) mass is 314 g/mol. The van der Waals surface area contributed by atoms with E-state index in [0.717, 1.165) is 26.2 Å². The highest BCUT2D eigenvalue weighted by atomic mass is 16.3. The Balaban J connectivity index is 1.53. The molecule has 2 heterocycles. The maximum absolute atomic E-state index is 10.0. The van der Waals surface area contributed by atoms with Gasteiger partial charge in [-0.2, -0.15) is 0 Å². The molecule has 0 spiro atoms. The van der Waals surface area contributed by atoms with Gasteiger partial charge in [0.25, 0.3) is 0 Å². The normalized spacial score (nSPS) is 28.7. The lowest BCUT2D eigenvalue weighted by Gasteiger charge is -2.27. The molecule has 23 heavy (non-hydrogen) atoms. The summed E-state index contributed by atoms with van der Waals surface area (Å²) in [5, 5.41) is 10.0. The van der Waals surface area contributed by atoms with Crippen LogP contribution < -0.4 is 0 Å². The number of hydrogen-bond acceptors (Lipinski definition) is 3. The first-order chi connectivity index (χ1) is 11.3. The van der Waals surface area contributed by atoms with Gasteiger partial charge in [0.15, 0.2) is 0 Å². The first-order valence-electron chi connectivity index (χ1n) is 9.03. The first-order valence-corrected chi connectivity index (χ1v) is 9.03. The number of benzene rings is 1. The predicted molar refractivity (Wildman–Crippen MR) is 96.3 cm³/mol. The van der Waals surface area contributed by atoms with Gasteiger partial charge in [-0.3, -0.25) is 4.90 Å². The van der Waals surface area contributed by atoms with Crippen molar-refractivity contribution in [1.29, 1.82) is 0 Å². The molecule has 2 aliphatic rings. The molecule has 1 aromatic rings. The summed E-state index contributed by atoms with van der Waals surface area (Å²) in [5.41, 5.74) is 1.38. The minimum atomic E-state index is 0.119. The first kappa shape index (κ1) is 16.7. The molecule has 3 heteroatoms. The summed E-state index contributed by atoms with van der Waals surface area (Å²) < 4.78 is 0. The van der Waals surface area contributed by atoms with Crippen molar-refractivity contribution in [3.8, 4) is 0 Å². The Morgan fingerprint density at radius 2 is 1.91 bits per heavy atom. The molecule has 0 saturated carbocycles. The lowest BCUT2D eigenvalue weighted by atomic mass is 9.82. The van der Waals surface area contributed by atoms with Gasteiger partial charge in [-0.25, -0.2) is 0 Å². The number of likely N-dealkylation sites (tertiary alicyclic amines) is 2. The van der Waals surface area contributed by atoms with Gasteiger partial charge in [0.1, 0.15) is 0 Å². The largest absolute Gasteiger partial charge is 0.396 e. The Hall–Kier alpha value is -1.16. The van der Waals surface area contributed by atoms with E-state index in [2.05, 4.69) is 53.1 Å². The molecule has 2 fully saturated rings. The van der Waals surface area contributed by atoms with Crippen LogP contribution in [0.3, 0.4) is 0 Å². The molecule has 0 bridgehead atoms. The fourth-order valence-electron chi connectivity index (χ4n) is 4.22. The van der Waals surface area contributed by atoms with Gasteiger partial charge in [0.05, 0.1) is 6.61 Å². The highest BCUT2D eigenvalue weighted by Gasteiger charge is 2.51.